The molecule has 4 aromatic rings. The number of carbonyl (C=O) groups is 1. The molecule has 0 bridgehead atoms. The third-order valence-electron chi connectivity index (χ3n) is 4.12. The van der Waals surface area contributed by atoms with Crippen LogP contribution in [0, 0.1) is 6.92 Å². The summed E-state index contributed by atoms with van der Waals surface area (Å²) in [6, 6.07) is 11.3. The molecule has 1 N–H and O–H groups in total. The number of thioether (sulfide) groups is 1. The van der Waals surface area contributed by atoms with Crippen molar-refractivity contribution in [2.45, 2.75) is 18.5 Å². The normalized spacial score (nSPS) is 11.0. The average Bonchev–Trinajstić information content (AvgIpc) is 3.39. The molecule has 1 aromatic carbocycles. The van der Waals surface area contributed by atoms with Crippen molar-refractivity contribution in [2.75, 3.05) is 12.9 Å². The van der Waals surface area contributed by atoms with Gasteiger partial charge in [0.2, 0.25) is 5.91 Å². The second-order valence-corrected chi connectivity index (χ2v) is 8.31. The van der Waals surface area contributed by atoms with Gasteiger partial charge < -0.3 is 14.5 Å². The molecule has 3 aromatic heterocycles. The van der Waals surface area contributed by atoms with E-state index < -0.39 is 0 Å². The van der Waals surface area contributed by atoms with Crippen molar-refractivity contribution in [1.29, 1.82) is 0 Å². The number of hydrogen-bond acceptors (Lipinski definition) is 8. The third kappa shape index (κ3) is 4.41. The van der Waals surface area contributed by atoms with Gasteiger partial charge in [-0.25, -0.2) is 4.98 Å². The summed E-state index contributed by atoms with van der Waals surface area (Å²) in [6.45, 7) is 2.31. The van der Waals surface area contributed by atoms with Crippen LogP contribution in [0.1, 0.15) is 10.8 Å². The maximum Gasteiger partial charge on any atom is 0.230 e. The van der Waals surface area contributed by atoms with Gasteiger partial charge in [0, 0.05) is 5.56 Å². The Bertz CT molecular complexity index is 1140. The van der Waals surface area contributed by atoms with E-state index in [1.807, 2.05) is 37.3 Å². The van der Waals surface area contributed by atoms with Gasteiger partial charge in [0.05, 0.1) is 35.4 Å². The van der Waals surface area contributed by atoms with Gasteiger partial charge in [0.15, 0.2) is 0 Å². The van der Waals surface area contributed by atoms with E-state index >= 15 is 0 Å². The number of amides is 1. The average molecular weight is 427 g/mol. The monoisotopic (exact) mass is 426 g/mol. The SMILES string of the molecule is COc1cccc(-c2nnc(SCC(=O)NCc3ccco3)c3nc(C)sc23)c1. The Labute approximate surface area is 175 Å². The first-order valence-electron chi connectivity index (χ1n) is 8.84. The van der Waals surface area contributed by atoms with Crippen molar-refractivity contribution >= 4 is 39.2 Å². The largest absolute Gasteiger partial charge is 0.497 e. The second kappa shape index (κ2) is 8.62. The van der Waals surface area contributed by atoms with E-state index in [-0.39, 0.29) is 11.7 Å². The molecule has 0 aliphatic heterocycles. The van der Waals surface area contributed by atoms with Gasteiger partial charge in [-0.05, 0) is 31.2 Å². The number of fused-ring (bicyclic) bond motifs is 1. The molecule has 0 saturated carbocycles. The summed E-state index contributed by atoms with van der Waals surface area (Å²) in [6.07, 6.45) is 1.58. The quantitative estimate of drug-likeness (QED) is 0.446. The van der Waals surface area contributed by atoms with Crippen LogP contribution in [-0.2, 0) is 11.3 Å². The number of aryl methyl sites for hydroxylation is 1. The minimum Gasteiger partial charge on any atom is -0.497 e. The first-order valence-corrected chi connectivity index (χ1v) is 10.6. The molecule has 29 heavy (non-hydrogen) atoms. The summed E-state index contributed by atoms with van der Waals surface area (Å²) in [4.78, 5) is 16.8. The number of methoxy groups -OCH3 is 1. The van der Waals surface area contributed by atoms with Crippen LogP contribution in [0.4, 0.5) is 0 Å². The van der Waals surface area contributed by atoms with E-state index in [2.05, 4.69) is 20.5 Å². The molecule has 148 valence electrons. The summed E-state index contributed by atoms with van der Waals surface area (Å²) >= 11 is 2.89. The molecule has 0 aliphatic rings. The predicted octanol–water partition coefficient (Wildman–Crippen LogP) is 4.07. The fourth-order valence-corrected chi connectivity index (χ4v) is 4.51. The highest BCUT2D eigenvalue weighted by Gasteiger charge is 2.17. The van der Waals surface area contributed by atoms with Crippen molar-refractivity contribution in [2.24, 2.45) is 0 Å². The fraction of sp³-hybridized carbons (Fsp3) is 0.200. The van der Waals surface area contributed by atoms with Gasteiger partial charge in [-0.1, -0.05) is 23.9 Å². The molecule has 3 heterocycles. The van der Waals surface area contributed by atoms with E-state index in [1.54, 1.807) is 30.8 Å². The predicted molar refractivity (Wildman–Crippen MR) is 113 cm³/mol. The number of hydrogen-bond donors (Lipinski definition) is 1. The number of benzene rings is 1. The van der Waals surface area contributed by atoms with Gasteiger partial charge in [-0.3, -0.25) is 4.79 Å². The maximum absolute atomic E-state index is 12.2. The number of aromatic nitrogens is 3. The Morgan fingerprint density at radius 1 is 1.28 bits per heavy atom. The van der Waals surface area contributed by atoms with Crippen LogP contribution in [0.3, 0.4) is 0 Å². The molecule has 0 unspecified atom stereocenters. The molecule has 1 amide bonds. The molecule has 9 heteroatoms. The Hall–Kier alpha value is -2.91. The summed E-state index contributed by atoms with van der Waals surface area (Å²) in [5.74, 6) is 1.58. The van der Waals surface area contributed by atoms with Crippen molar-refractivity contribution in [3.63, 3.8) is 0 Å². The minimum atomic E-state index is -0.106. The molecule has 7 nitrogen and oxygen atoms in total. The van der Waals surface area contributed by atoms with Crippen LogP contribution in [0.2, 0.25) is 0 Å². The second-order valence-electron chi connectivity index (χ2n) is 6.14. The molecule has 0 spiro atoms. The summed E-state index contributed by atoms with van der Waals surface area (Å²) in [5.41, 5.74) is 2.44. The molecule has 0 aliphatic carbocycles. The molecule has 0 saturated heterocycles. The number of nitrogens with one attached hydrogen (secondary N) is 1. The highest BCUT2D eigenvalue weighted by atomic mass is 32.2. The first kappa shape index (κ1) is 19.4. The van der Waals surface area contributed by atoms with Crippen molar-refractivity contribution in [1.82, 2.24) is 20.5 Å². The lowest BCUT2D eigenvalue weighted by Gasteiger charge is -2.07. The number of ether oxygens (including phenoxy) is 1. The van der Waals surface area contributed by atoms with E-state index in [1.165, 1.54) is 11.8 Å². The number of furan rings is 1. The molecular formula is C20H18N4O3S2. The van der Waals surface area contributed by atoms with Crippen molar-refractivity contribution in [3.05, 3.63) is 53.4 Å². The van der Waals surface area contributed by atoms with Crippen LogP contribution in [-0.4, -0.2) is 34.0 Å². The molecule has 0 radical (unpaired) electrons. The van der Waals surface area contributed by atoms with Crippen LogP contribution in [0.5, 0.6) is 5.75 Å². The fourth-order valence-electron chi connectivity index (χ4n) is 2.76. The van der Waals surface area contributed by atoms with Crippen molar-refractivity contribution in [3.8, 4) is 17.0 Å². The van der Waals surface area contributed by atoms with Crippen LogP contribution >= 0.6 is 23.1 Å². The van der Waals surface area contributed by atoms with Crippen LogP contribution < -0.4 is 10.1 Å². The molecule has 4 rings (SSSR count). The number of nitrogens with zero attached hydrogens (tertiary/aromatic N) is 3. The number of thiazole rings is 1. The maximum atomic E-state index is 12.2. The highest BCUT2D eigenvalue weighted by Crippen LogP contribution is 2.36. The smallest absolute Gasteiger partial charge is 0.230 e. The lowest BCUT2D eigenvalue weighted by molar-refractivity contribution is -0.118. The topological polar surface area (TPSA) is 90.1 Å². The standard InChI is InChI=1S/C20H18N4O3S2/c1-12-22-18-19(29-12)17(13-5-3-6-14(9-13)26-2)23-24-20(18)28-11-16(25)21-10-15-7-4-8-27-15/h3-9H,10-11H2,1-2H3,(H,21,25). The lowest BCUT2D eigenvalue weighted by Crippen LogP contribution is -2.24. The number of carbonyl (C=O) groups excluding carboxylic acids is 1. The summed E-state index contributed by atoms with van der Waals surface area (Å²) < 4.78 is 11.5. The Balaban J connectivity index is 1.54. The highest BCUT2D eigenvalue weighted by molar-refractivity contribution is 8.00. The van der Waals surface area contributed by atoms with Crippen LogP contribution in [0.15, 0.2) is 52.1 Å². The molecule has 0 fully saturated rings. The zero-order valence-corrected chi connectivity index (χ0v) is 17.5. The first-order chi connectivity index (χ1) is 14.1. The Kier molecular flexibility index (Phi) is 5.77. The van der Waals surface area contributed by atoms with E-state index in [9.17, 15) is 4.79 Å². The zero-order valence-electron chi connectivity index (χ0n) is 15.8. The number of rotatable bonds is 7. The van der Waals surface area contributed by atoms with E-state index in [0.717, 1.165) is 32.2 Å². The summed E-state index contributed by atoms with van der Waals surface area (Å²) in [5, 5.41) is 13.2. The Morgan fingerprint density at radius 3 is 2.97 bits per heavy atom. The minimum absolute atomic E-state index is 0.106. The van der Waals surface area contributed by atoms with Crippen molar-refractivity contribution < 1.29 is 13.9 Å². The zero-order chi connectivity index (χ0) is 20.2. The van der Waals surface area contributed by atoms with Crippen LogP contribution in [0.25, 0.3) is 21.5 Å². The van der Waals surface area contributed by atoms with Gasteiger partial charge in [-0.15, -0.1) is 21.5 Å². The lowest BCUT2D eigenvalue weighted by atomic mass is 10.1. The third-order valence-corrected chi connectivity index (χ3v) is 6.05. The van der Waals surface area contributed by atoms with Gasteiger partial charge in [0.25, 0.3) is 0 Å². The molecule has 0 atom stereocenters. The molecular weight excluding hydrogens is 408 g/mol. The van der Waals surface area contributed by atoms with Gasteiger partial charge in [0.1, 0.15) is 27.7 Å². The van der Waals surface area contributed by atoms with E-state index in [0.29, 0.717) is 17.3 Å². The van der Waals surface area contributed by atoms with Gasteiger partial charge >= 0.3 is 0 Å². The van der Waals surface area contributed by atoms with E-state index in [4.69, 9.17) is 9.15 Å². The Morgan fingerprint density at radius 2 is 2.17 bits per heavy atom. The van der Waals surface area contributed by atoms with Gasteiger partial charge in [-0.2, -0.15) is 0 Å². The summed E-state index contributed by atoms with van der Waals surface area (Å²) in [7, 11) is 1.63.